The van der Waals surface area contributed by atoms with E-state index in [1.807, 2.05) is 19.2 Å². The van der Waals surface area contributed by atoms with Gasteiger partial charge in [-0.05, 0) is 26.1 Å². The van der Waals surface area contributed by atoms with E-state index in [2.05, 4.69) is 10.3 Å². The number of ketones is 1. The zero-order chi connectivity index (χ0) is 9.42. The first-order chi connectivity index (χ1) is 6.20. The SMILES string of the molecule is CC(=O)c1c(C)[nH]c2c1C=CNC2. The molecular formula is C10H12N2O. The van der Waals surface area contributed by atoms with Crippen molar-refractivity contribution in [2.45, 2.75) is 20.4 Å². The van der Waals surface area contributed by atoms with E-state index in [9.17, 15) is 4.79 Å². The number of fused-ring (bicyclic) bond motifs is 1. The highest BCUT2D eigenvalue weighted by molar-refractivity contribution is 5.99. The fraction of sp³-hybridized carbons (Fsp3) is 0.300. The lowest BCUT2D eigenvalue weighted by molar-refractivity contribution is 0.101. The maximum Gasteiger partial charge on any atom is 0.162 e. The van der Waals surface area contributed by atoms with Crippen LogP contribution < -0.4 is 5.32 Å². The van der Waals surface area contributed by atoms with Crippen molar-refractivity contribution in [2.75, 3.05) is 0 Å². The van der Waals surface area contributed by atoms with Crippen molar-refractivity contribution >= 4 is 11.9 Å². The lowest BCUT2D eigenvalue weighted by Gasteiger charge is -2.07. The quantitative estimate of drug-likeness (QED) is 0.638. The Morgan fingerprint density at radius 3 is 3.00 bits per heavy atom. The van der Waals surface area contributed by atoms with Crippen molar-refractivity contribution < 1.29 is 4.79 Å². The van der Waals surface area contributed by atoms with Gasteiger partial charge in [-0.1, -0.05) is 0 Å². The highest BCUT2D eigenvalue weighted by Gasteiger charge is 2.17. The number of carbonyl (C=O) groups is 1. The van der Waals surface area contributed by atoms with Crippen LogP contribution in [0.2, 0.25) is 0 Å². The van der Waals surface area contributed by atoms with Crippen LogP contribution in [0.4, 0.5) is 0 Å². The van der Waals surface area contributed by atoms with E-state index < -0.39 is 0 Å². The molecule has 2 N–H and O–H groups in total. The summed E-state index contributed by atoms with van der Waals surface area (Å²) in [5.41, 5.74) is 3.94. The van der Waals surface area contributed by atoms with Crippen LogP contribution in [0.5, 0.6) is 0 Å². The molecule has 13 heavy (non-hydrogen) atoms. The summed E-state index contributed by atoms with van der Waals surface area (Å²) in [5, 5.41) is 3.10. The van der Waals surface area contributed by atoms with Crippen LogP contribution in [-0.4, -0.2) is 10.8 Å². The van der Waals surface area contributed by atoms with Gasteiger partial charge in [0.1, 0.15) is 0 Å². The zero-order valence-corrected chi connectivity index (χ0v) is 7.77. The molecule has 2 heterocycles. The maximum absolute atomic E-state index is 11.3. The minimum absolute atomic E-state index is 0.126. The lowest BCUT2D eigenvalue weighted by atomic mass is 10.0. The Kier molecular flexibility index (Phi) is 1.72. The Morgan fingerprint density at radius 2 is 2.31 bits per heavy atom. The van der Waals surface area contributed by atoms with E-state index >= 15 is 0 Å². The van der Waals surface area contributed by atoms with Crippen LogP contribution in [-0.2, 0) is 6.54 Å². The van der Waals surface area contributed by atoms with Crippen molar-refractivity contribution in [3.8, 4) is 0 Å². The molecule has 0 spiro atoms. The van der Waals surface area contributed by atoms with E-state index in [0.717, 1.165) is 29.1 Å². The molecule has 0 radical (unpaired) electrons. The highest BCUT2D eigenvalue weighted by Crippen LogP contribution is 2.22. The van der Waals surface area contributed by atoms with Gasteiger partial charge in [0, 0.05) is 22.5 Å². The average Bonchev–Trinajstić information content (AvgIpc) is 2.39. The van der Waals surface area contributed by atoms with Crippen molar-refractivity contribution in [3.05, 3.63) is 28.7 Å². The molecule has 3 heteroatoms. The molecule has 0 fully saturated rings. The van der Waals surface area contributed by atoms with Crippen LogP contribution in [0.3, 0.4) is 0 Å². The normalized spacial score (nSPS) is 13.7. The molecule has 1 aliphatic heterocycles. The van der Waals surface area contributed by atoms with Gasteiger partial charge in [0.15, 0.2) is 5.78 Å². The van der Waals surface area contributed by atoms with Crippen LogP contribution in [0.1, 0.15) is 34.2 Å². The topological polar surface area (TPSA) is 44.9 Å². The van der Waals surface area contributed by atoms with E-state index in [-0.39, 0.29) is 5.78 Å². The maximum atomic E-state index is 11.3. The first kappa shape index (κ1) is 8.10. The molecule has 0 aromatic carbocycles. The Labute approximate surface area is 76.8 Å². The Bertz CT molecular complexity index is 388. The molecule has 0 amide bonds. The summed E-state index contributed by atoms with van der Waals surface area (Å²) in [7, 11) is 0. The van der Waals surface area contributed by atoms with Crippen molar-refractivity contribution in [1.82, 2.24) is 10.3 Å². The van der Waals surface area contributed by atoms with Crippen molar-refractivity contribution in [2.24, 2.45) is 0 Å². The standard InChI is InChI=1S/C10H12N2O/c1-6-10(7(2)13)8-3-4-11-5-9(8)12-6/h3-4,11-12H,5H2,1-2H3. The van der Waals surface area contributed by atoms with Gasteiger partial charge in [-0.25, -0.2) is 0 Å². The summed E-state index contributed by atoms with van der Waals surface area (Å²) < 4.78 is 0. The van der Waals surface area contributed by atoms with Crippen molar-refractivity contribution in [1.29, 1.82) is 0 Å². The minimum Gasteiger partial charge on any atom is -0.385 e. The molecule has 0 aliphatic carbocycles. The van der Waals surface area contributed by atoms with Gasteiger partial charge in [0.2, 0.25) is 0 Å². The predicted molar refractivity (Wildman–Crippen MR) is 51.4 cm³/mol. The molecule has 1 aliphatic rings. The van der Waals surface area contributed by atoms with Gasteiger partial charge in [-0.2, -0.15) is 0 Å². The van der Waals surface area contributed by atoms with Gasteiger partial charge in [0.25, 0.3) is 0 Å². The molecule has 68 valence electrons. The molecule has 0 saturated carbocycles. The Balaban J connectivity index is 2.63. The summed E-state index contributed by atoms with van der Waals surface area (Å²) >= 11 is 0. The average molecular weight is 176 g/mol. The van der Waals surface area contributed by atoms with Crippen LogP contribution >= 0.6 is 0 Å². The number of hydrogen-bond acceptors (Lipinski definition) is 2. The zero-order valence-electron chi connectivity index (χ0n) is 7.77. The van der Waals surface area contributed by atoms with Crippen LogP contribution in [0.25, 0.3) is 6.08 Å². The van der Waals surface area contributed by atoms with E-state index in [1.165, 1.54) is 0 Å². The monoisotopic (exact) mass is 176 g/mol. The first-order valence-electron chi connectivity index (χ1n) is 4.32. The van der Waals surface area contributed by atoms with Crippen LogP contribution in [0.15, 0.2) is 6.20 Å². The van der Waals surface area contributed by atoms with E-state index in [1.54, 1.807) is 6.92 Å². The summed E-state index contributed by atoms with van der Waals surface area (Å²) in [6, 6.07) is 0. The molecule has 0 bridgehead atoms. The molecular weight excluding hydrogens is 164 g/mol. The third-order valence-electron chi connectivity index (χ3n) is 2.31. The molecule has 1 aromatic rings. The predicted octanol–water partition coefficient (Wildman–Crippen LogP) is 1.60. The van der Waals surface area contributed by atoms with Crippen LogP contribution in [0, 0.1) is 6.92 Å². The second-order valence-corrected chi connectivity index (χ2v) is 3.29. The van der Waals surface area contributed by atoms with Gasteiger partial charge < -0.3 is 10.3 Å². The van der Waals surface area contributed by atoms with Crippen molar-refractivity contribution in [3.63, 3.8) is 0 Å². The Morgan fingerprint density at radius 1 is 1.54 bits per heavy atom. The molecule has 1 aromatic heterocycles. The van der Waals surface area contributed by atoms with Gasteiger partial charge >= 0.3 is 0 Å². The summed E-state index contributed by atoms with van der Waals surface area (Å²) in [5.74, 6) is 0.126. The van der Waals surface area contributed by atoms with Gasteiger partial charge in [-0.15, -0.1) is 0 Å². The molecule has 3 nitrogen and oxygen atoms in total. The van der Waals surface area contributed by atoms with E-state index in [0.29, 0.717) is 0 Å². The number of H-pyrrole nitrogens is 1. The number of rotatable bonds is 1. The largest absolute Gasteiger partial charge is 0.385 e. The second-order valence-electron chi connectivity index (χ2n) is 3.29. The van der Waals surface area contributed by atoms with Gasteiger partial charge in [-0.3, -0.25) is 4.79 Å². The number of aromatic nitrogens is 1. The summed E-state index contributed by atoms with van der Waals surface area (Å²) in [6.45, 7) is 4.31. The molecule has 0 unspecified atom stereocenters. The fourth-order valence-corrected chi connectivity index (χ4v) is 1.79. The number of carbonyl (C=O) groups excluding carboxylic acids is 1. The molecule has 2 rings (SSSR count). The number of aryl methyl sites for hydroxylation is 1. The Hall–Kier alpha value is -1.51. The molecule has 0 atom stereocenters. The van der Waals surface area contributed by atoms with Gasteiger partial charge in [0.05, 0.1) is 6.54 Å². The number of aromatic amines is 1. The number of Topliss-reactive ketones (excluding diaryl/α,β-unsaturated/α-hetero) is 1. The fourth-order valence-electron chi connectivity index (χ4n) is 1.79. The number of hydrogen-bond donors (Lipinski definition) is 2. The minimum atomic E-state index is 0.126. The third kappa shape index (κ3) is 1.16. The second kappa shape index (κ2) is 2.76. The third-order valence-corrected chi connectivity index (χ3v) is 2.31. The highest BCUT2D eigenvalue weighted by atomic mass is 16.1. The first-order valence-corrected chi connectivity index (χ1v) is 4.32. The summed E-state index contributed by atoms with van der Waals surface area (Å²) in [4.78, 5) is 14.5. The number of nitrogens with one attached hydrogen (secondary N) is 2. The van der Waals surface area contributed by atoms with E-state index in [4.69, 9.17) is 0 Å². The summed E-state index contributed by atoms with van der Waals surface area (Å²) in [6.07, 6.45) is 3.82. The molecule has 0 saturated heterocycles. The smallest absolute Gasteiger partial charge is 0.162 e. The lowest BCUT2D eigenvalue weighted by Crippen LogP contribution is -2.10.